The number of ketones is 1. The minimum Gasteiger partial charge on any atom is -0.469 e. The van der Waals surface area contributed by atoms with Crippen molar-refractivity contribution < 1.29 is 24.2 Å². The third-order valence-electron chi connectivity index (χ3n) is 4.18. The Morgan fingerprint density at radius 1 is 1.16 bits per heavy atom. The molecule has 0 aromatic heterocycles. The average Bonchev–Trinajstić information content (AvgIpc) is 2.65. The predicted octanol–water partition coefficient (Wildman–Crippen LogP) is 2.06. The van der Waals surface area contributed by atoms with Gasteiger partial charge in [-0.2, -0.15) is 0 Å². The normalized spacial score (nSPS) is 13.0. The zero-order valence-electron chi connectivity index (χ0n) is 15.1. The summed E-state index contributed by atoms with van der Waals surface area (Å²) < 4.78 is 4.70. The van der Waals surface area contributed by atoms with E-state index in [1.54, 1.807) is 31.2 Å². The maximum atomic E-state index is 12.6. The third-order valence-corrected chi connectivity index (χ3v) is 4.18. The molecule has 0 radical (unpaired) electrons. The summed E-state index contributed by atoms with van der Waals surface area (Å²) in [5, 5.41) is 9.53. The van der Waals surface area contributed by atoms with Gasteiger partial charge in [-0.25, -0.2) is 0 Å². The summed E-state index contributed by atoms with van der Waals surface area (Å²) in [6.07, 6.45) is 0.689. The maximum Gasteiger partial charge on any atom is 0.310 e. The van der Waals surface area contributed by atoms with E-state index in [4.69, 9.17) is 4.74 Å². The Bertz CT molecular complexity index is 568. The highest BCUT2D eigenvalue weighted by molar-refractivity contribution is 5.97. The molecule has 0 bridgehead atoms. The zero-order chi connectivity index (χ0) is 18.8. The minimum atomic E-state index is -0.501. The van der Waals surface area contributed by atoms with Crippen molar-refractivity contribution in [3.8, 4) is 0 Å². The van der Waals surface area contributed by atoms with E-state index in [1.807, 2.05) is 13.0 Å². The lowest BCUT2D eigenvalue weighted by Crippen LogP contribution is -2.45. The zero-order valence-corrected chi connectivity index (χ0v) is 15.1. The molecule has 6 heteroatoms. The number of methoxy groups -OCH3 is 1. The van der Waals surface area contributed by atoms with Crippen molar-refractivity contribution in [2.24, 2.45) is 5.92 Å². The standard InChI is InChI=1S/C19H27NO5/c1-4-16(13-21)20(12-14(2)19(24)25-3)18(23)11-10-17(22)15-8-6-5-7-9-15/h5-9,14,16,21H,4,10-13H2,1-3H3. The molecule has 1 amide bonds. The van der Waals surface area contributed by atoms with Gasteiger partial charge in [0.1, 0.15) is 0 Å². The molecule has 1 rings (SSSR count). The second kappa shape index (κ2) is 10.6. The Morgan fingerprint density at radius 3 is 2.32 bits per heavy atom. The molecule has 1 aromatic rings. The van der Waals surface area contributed by atoms with Crippen LogP contribution in [0, 0.1) is 5.92 Å². The lowest BCUT2D eigenvalue weighted by atomic mass is 10.0. The van der Waals surface area contributed by atoms with E-state index >= 15 is 0 Å². The first-order chi connectivity index (χ1) is 11.9. The Hall–Kier alpha value is -2.21. The molecule has 6 nitrogen and oxygen atoms in total. The van der Waals surface area contributed by atoms with E-state index < -0.39 is 11.9 Å². The summed E-state index contributed by atoms with van der Waals surface area (Å²) in [5.41, 5.74) is 0.568. The van der Waals surface area contributed by atoms with Crippen molar-refractivity contribution in [3.63, 3.8) is 0 Å². The van der Waals surface area contributed by atoms with Crippen LogP contribution in [0.15, 0.2) is 30.3 Å². The van der Waals surface area contributed by atoms with Gasteiger partial charge >= 0.3 is 5.97 Å². The van der Waals surface area contributed by atoms with E-state index in [2.05, 4.69) is 0 Å². The van der Waals surface area contributed by atoms with E-state index in [1.165, 1.54) is 12.0 Å². The molecule has 0 saturated carbocycles. The van der Waals surface area contributed by atoms with Crippen LogP contribution in [-0.2, 0) is 14.3 Å². The summed E-state index contributed by atoms with van der Waals surface area (Å²) in [6, 6.07) is 8.42. The van der Waals surface area contributed by atoms with Crippen LogP contribution in [0.25, 0.3) is 0 Å². The third kappa shape index (κ3) is 6.31. The number of hydrogen-bond acceptors (Lipinski definition) is 5. The number of nitrogens with zero attached hydrogens (tertiary/aromatic N) is 1. The molecule has 0 heterocycles. The quantitative estimate of drug-likeness (QED) is 0.516. The molecule has 138 valence electrons. The van der Waals surface area contributed by atoms with Crippen molar-refractivity contribution in [2.45, 2.75) is 39.2 Å². The smallest absolute Gasteiger partial charge is 0.310 e. The fraction of sp³-hybridized carbons (Fsp3) is 0.526. The highest BCUT2D eigenvalue weighted by Gasteiger charge is 2.27. The molecule has 2 atom stereocenters. The summed E-state index contributed by atoms with van der Waals surface area (Å²) >= 11 is 0. The molecular weight excluding hydrogens is 322 g/mol. The van der Waals surface area contributed by atoms with Gasteiger partial charge in [0, 0.05) is 24.9 Å². The first kappa shape index (κ1) is 20.8. The van der Waals surface area contributed by atoms with E-state index in [0.29, 0.717) is 12.0 Å². The Labute approximate surface area is 148 Å². The van der Waals surface area contributed by atoms with Crippen LogP contribution in [0.3, 0.4) is 0 Å². The van der Waals surface area contributed by atoms with Gasteiger partial charge in [0.2, 0.25) is 5.91 Å². The highest BCUT2D eigenvalue weighted by atomic mass is 16.5. The molecule has 0 saturated heterocycles. The molecule has 0 aliphatic rings. The fourth-order valence-electron chi connectivity index (χ4n) is 2.61. The minimum absolute atomic E-state index is 0.0398. The molecule has 0 spiro atoms. The van der Waals surface area contributed by atoms with Crippen LogP contribution in [-0.4, -0.2) is 54.0 Å². The second-order valence-corrected chi connectivity index (χ2v) is 6.00. The largest absolute Gasteiger partial charge is 0.469 e. The Balaban J connectivity index is 2.74. The number of aliphatic hydroxyl groups is 1. The van der Waals surface area contributed by atoms with Gasteiger partial charge in [-0.3, -0.25) is 14.4 Å². The first-order valence-electron chi connectivity index (χ1n) is 8.50. The maximum absolute atomic E-state index is 12.6. The second-order valence-electron chi connectivity index (χ2n) is 6.00. The van der Waals surface area contributed by atoms with Gasteiger partial charge < -0.3 is 14.7 Å². The van der Waals surface area contributed by atoms with Gasteiger partial charge in [-0.1, -0.05) is 44.2 Å². The van der Waals surface area contributed by atoms with Crippen LogP contribution in [0.1, 0.15) is 43.5 Å². The van der Waals surface area contributed by atoms with Gasteiger partial charge in [-0.15, -0.1) is 0 Å². The molecule has 0 aliphatic heterocycles. The van der Waals surface area contributed by atoms with Gasteiger partial charge in [-0.05, 0) is 6.42 Å². The first-order valence-corrected chi connectivity index (χ1v) is 8.50. The van der Waals surface area contributed by atoms with Crippen molar-refractivity contribution in [2.75, 3.05) is 20.3 Å². The molecule has 1 aromatic carbocycles. The van der Waals surface area contributed by atoms with E-state index in [-0.39, 0.29) is 43.7 Å². The van der Waals surface area contributed by atoms with Crippen LogP contribution >= 0.6 is 0 Å². The number of esters is 1. The summed E-state index contributed by atoms with van der Waals surface area (Å²) in [7, 11) is 1.30. The van der Waals surface area contributed by atoms with E-state index in [0.717, 1.165) is 0 Å². The average molecular weight is 349 g/mol. The van der Waals surface area contributed by atoms with Crippen LogP contribution < -0.4 is 0 Å². The number of carbonyl (C=O) groups is 3. The SMILES string of the molecule is CCC(CO)N(CC(C)C(=O)OC)C(=O)CCC(=O)c1ccccc1. The van der Waals surface area contributed by atoms with Crippen LogP contribution in [0.5, 0.6) is 0 Å². The van der Waals surface area contributed by atoms with Crippen molar-refractivity contribution in [1.82, 2.24) is 4.90 Å². The number of carbonyl (C=O) groups excluding carboxylic acids is 3. The van der Waals surface area contributed by atoms with Crippen molar-refractivity contribution in [1.29, 1.82) is 0 Å². The Morgan fingerprint density at radius 2 is 1.80 bits per heavy atom. The highest BCUT2D eigenvalue weighted by Crippen LogP contribution is 2.14. The molecule has 0 aliphatic carbocycles. The molecule has 25 heavy (non-hydrogen) atoms. The van der Waals surface area contributed by atoms with E-state index in [9.17, 15) is 19.5 Å². The molecule has 1 N–H and O–H groups in total. The number of hydrogen-bond donors (Lipinski definition) is 1. The summed E-state index contributed by atoms with van der Waals surface area (Å²) in [4.78, 5) is 37.9. The number of Topliss-reactive ketones (excluding diaryl/α,β-unsaturated/α-hetero) is 1. The summed E-state index contributed by atoms with van der Waals surface area (Å²) in [5.74, 6) is -1.27. The number of rotatable bonds is 10. The lowest BCUT2D eigenvalue weighted by Gasteiger charge is -2.31. The summed E-state index contributed by atoms with van der Waals surface area (Å²) in [6.45, 7) is 3.50. The van der Waals surface area contributed by atoms with Crippen molar-refractivity contribution in [3.05, 3.63) is 35.9 Å². The van der Waals surface area contributed by atoms with Gasteiger partial charge in [0.15, 0.2) is 5.78 Å². The number of ether oxygens (including phenoxy) is 1. The molecule has 2 unspecified atom stereocenters. The number of amides is 1. The van der Waals surface area contributed by atoms with Gasteiger partial charge in [0.05, 0.1) is 25.7 Å². The predicted molar refractivity (Wildman–Crippen MR) is 94.1 cm³/mol. The molecular formula is C19H27NO5. The fourth-order valence-corrected chi connectivity index (χ4v) is 2.61. The number of aliphatic hydroxyl groups excluding tert-OH is 1. The van der Waals surface area contributed by atoms with Crippen LogP contribution in [0.4, 0.5) is 0 Å². The Kier molecular flexibility index (Phi) is 8.84. The number of benzene rings is 1. The lowest BCUT2D eigenvalue weighted by molar-refractivity contribution is -0.147. The van der Waals surface area contributed by atoms with Gasteiger partial charge in [0.25, 0.3) is 0 Å². The topological polar surface area (TPSA) is 83.9 Å². The molecule has 0 fully saturated rings. The van der Waals surface area contributed by atoms with Crippen molar-refractivity contribution >= 4 is 17.7 Å². The monoisotopic (exact) mass is 349 g/mol. The van der Waals surface area contributed by atoms with Crippen LogP contribution in [0.2, 0.25) is 0 Å².